The average Bonchev–Trinajstić information content (AvgIpc) is 3.11. The lowest BCUT2D eigenvalue weighted by molar-refractivity contribution is 0.251. The lowest BCUT2D eigenvalue weighted by atomic mass is 10.0. The molecular weight excluding hydrogens is 302 g/mol. The van der Waals surface area contributed by atoms with Gasteiger partial charge in [-0.1, -0.05) is 6.07 Å². The summed E-state index contributed by atoms with van der Waals surface area (Å²) in [7, 11) is 0. The third kappa shape index (κ3) is 2.35. The number of carbonyl (C=O) groups excluding carboxylic acids is 1. The summed E-state index contributed by atoms with van der Waals surface area (Å²) in [5, 5.41) is 23.4. The fraction of sp³-hybridized carbons (Fsp3) is 0.222. The zero-order valence-corrected chi connectivity index (χ0v) is 12.7. The lowest BCUT2D eigenvalue weighted by Crippen LogP contribution is -2.33. The van der Waals surface area contributed by atoms with Gasteiger partial charge in [0.15, 0.2) is 0 Å². The van der Waals surface area contributed by atoms with Gasteiger partial charge in [0.05, 0.1) is 17.2 Å². The van der Waals surface area contributed by atoms with Crippen molar-refractivity contribution >= 4 is 11.8 Å². The Morgan fingerprint density at radius 3 is 2.67 bits per heavy atom. The van der Waals surface area contributed by atoms with Gasteiger partial charge < -0.3 is 5.32 Å². The molecule has 0 bridgehead atoms. The van der Waals surface area contributed by atoms with E-state index in [-0.39, 0.29) is 12.1 Å². The molecule has 116 valence electrons. The standard InChI is InChI=1S/C18H13N5O/c19-7-10-1-3-13-12(5-10)6-14-16(13)17(14)23-18(24)22-15-4-2-11(8-20)9-21-15/h1-5,9,14,16-17H,6H2,(H2,21,22,23,24). The topological polar surface area (TPSA) is 102 Å². The third-order valence-electron chi connectivity index (χ3n) is 4.69. The van der Waals surface area contributed by atoms with Crippen LogP contribution in [0.1, 0.15) is 28.2 Å². The van der Waals surface area contributed by atoms with Crippen LogP contribution in [-0.4, -0.2) is 17.1 Å². The highest BCUT2D eigenvalue weighted by atomic mass is 16.2. The van der Waals surface area contributed by atoms with Crippen molar-refractivity contribution < 1.29 is 4.79 Å². The smallest absolute Gasteiger partial charge is 0.320 e. The SMILES string of the molecule is N#Cc1ccc(NC(=O)NC2C3Cc4cc(C#N)ccc4C32)nc1. The molecular formula is C18H13N5O. The summed E-state index contributed by atoms with van der Waals surface area (Å²) in [5.41, 5.74) is 3.59. The summed E-state index contributed by atoms with van der Waals surface area (Å²) in [5.74, 6) is 1.16. The predicted octanol–water partition coefficient (Wildman–Crippen LogP) is 2.28. The zero-order valence-electron chi connectivity index (χ0n) is 12.7. The highest BCUT2D eigenvalue weighted by Gasteiger charge is 2.56. The number of hydrogen-bond acceptors (Lipinski definition) is 4. The number of fused-ring (bicyclic) bond motifs is 3. The van der Waals surface area contributed by atoms with Crippen LogP contribution < -0.4 is 10.6 Å². The molecule has 1 fully saturated rings. The molecule has 24 heavy (non-hydrogen) atoms. The van der Waals surface area contributed by atoms with E-state index in [4.69, 9.17) is 10.5 Å². The summed E-state index contributed by atoms with van der Waals surface area (Å²) in [6.07, 6.45) is 2.32. The first kappa shape index (κ1) is 14.2. The Morgan fingerprint density at radius 1 is 1.17 bits per heavy atom. The molecule has 2 aliphatic carbocycles. The minimum atomic E-state index is -0.290. The van der Waals surface area contributed by atoms with Crippen LogP contribution in [0.4, 0.5) is 10.6 Å². The maximum atomic E-state index is 12.1. The molecule has 2 N–H and O–H groups in total. The summed E-state index contributed by atoms with van der Waals surface area (Å²) in [6.45, 7) is 0. The molecule has 1 saturated carbocycles. The number of pyridine rings is 1. The largest absolute Gasteiger partial charge is 0.334 e. The van der Waals surface area contributed by atoms with E-state index in [1.54, 1.807) is 12.1 Å². The van der Waals surface area contributed by atoms with E-state index in [9.17, 15) is 4.79 Å². The first-order valence-electron chi connectivity index (χ1n) is 7.66. The molecule has 2 aliphatic rings. The van der Waals surface area contributed by atoms with Crippen molar-refractivity contribution in [2.24, 2.45) is 5.92 Å². The summed E-state index contributed by atoms with van der Waals surface area (Å²) in [6, 6.07) is 13.0. The number of hydrogen-bond donors (Lipinski definition) is 2. The van der Waals surface area contributed by atoms with Gasteiger partial charge in [-0.05, 0) is 47.7 Å². The number of carbonyl (C=O) groups is 1. The van der Waals surface area contributed by atoms with Crippen molar-refractivity contribution in [3.8, 4) is 12.1 Å². The molecule has 1 aromatic carbocycles. The third-order valence-corrected chi connectivity index (χ3v) is 4.69. The van der Waals surface area contributed by atoms with E-state index in [1.807, 2.05) is 24.3 Å². The van der Waals surface area contributed by atoms with Crippen LogP contribution in [-0.2, 0) is 6.42 Å². The summed E-state index contributed by atoms with van der Waals surface area (Å²) in [4.78, 5) is 16.1. The minimum Gasteiger partial charge on any atom is -0.334 e. The van der Waals surface area contributed by atoms with Gasteiger partial charge in [-0.2, -0.15) is 10.5 Å². The Kier molecular flexibility index (Phi) is 3.18. The van der Waals surface area contributed by atoms with Crippen LogP contribution in [0, 0.1) is 28.6 Å². The Morgan fingerprint density at radius 2 is 1.96 bits per heavy atom. The van der Waals surface area contributed by atoms with Crippen molar-refractivity contribution in [1.82, 2.24) is 10.3 Å². The van der Waals surface area contributed by atoms with Gasteiger partial charge in [-0.25, -0.2) is 9.78 Å². The van der Waals surface area contributed by atoms with Gasteiger partial charge in [0.25, 0.3) is 0 Å². The van der Waals surface area contributed by atoms with Crippen LogP contribution in [0.15, 0.2) is 36.5 Å². The van der Waals surface area contributed by atoms with Crippen molar-refractivity contribution in [3.05, 3.63) is 58.8 Å². The average molecular weight is 315 g/mol. The quantitative estimate of drug-likeness (QED) is 0.887. The maximum absolute atomic E-state index is 12.1. The molecule has 3 unspecified atom stereocenters. The number of rotatable bonds is 2. The molecule has 0 spiro atoms. The second kappa shape index (κ2) is 5.36. The second-order valence-electron chi connectivity index (χ2n) is 6.09. The lowest BCUT2D eigenvalue weighted by Gasteiger charge is -2.10. The van der Waals surface area contributed by atoms with Gasteiger partial charge in [0.2, 0.25) is 0 Å². The summed E-state index contributed by atoms with van der Waals surface area (Å²) < 4.78 is 0. The molecule has 0 saturated heterocycles. The highest BCUT2D eigenvalue weighted by Crippen LogP contribution is 2.56. The molecule has 4 rings (SSSR count). The Bertz CT molecular complexity index is 906. The van der Waals surface area contributed by atoms with Crippen LogP contribution >= 0.6 is 0 Å². The van der Waals surface area contributed by atoms with Gasteiger partial charge in [0, 0.05) is 18.2 Å². The number of aromatic nitrogens is 1. The van der Waals surface area contributed by atoms with Gasteiger partial charge in [-0.3, -0.25) is 5.32 Å². The maximum Gasteiger partial charge on any atom is 0.320 e. The number of nitriles is 2. The van der Waals surface area contributed by atoms with E-state index in [1.165, 1.54) is 17.3 Å². The van der Waals surface area contributed by atoms with Crippen molar-refractivity contribution in [1.29, 1.82) is 10.5 Å². The van der Waals surface area contributed by atoms with Gasteiger partial charge >= 0.3 is 6.03 Å². The molecule has 3 atom stereocenters. The van der Waals surface area contributed by atoms with Crippen LogP contribution in [0.25, 0.3) is 0 Å². The molecule has 1 aromatic heterocycles. The van der Waals surface area contributed by atoms with E-state index in [2.05, 4.69) is 21.7 Å². The fourth-order valence-electron chi connectivity index (χ4n) is 3.52. The minimum absolute atomic E-state index is 0.129. The molecule has 0 radical (unpaired) electrons. The van der Waals surface area contributed by atoms with Crippen molar-refractivity contribution in [3.63, 3.8) is 0 Å². The fourth-order valence-corrected chi connectivity index (χ4v) is 3.52. The molecule has 1 heterocycles. The Hall–Kier alpha value is -3.38. The monoisotopic (exact) mass is 315 g/mol. The normalized spacial score (nSPS) is 22.5. The van der Waals surface area contributed by atoms with E-state index < -0.39 is 0 Å². The second-order valence-corrected chi connectivity index (χ2v) is 6.09. The Balaban J connectivity index is 1.38. The number of anilines is 1. The number of nitrogens with zero attached hydrogens (tertiary/aromatic N) is 3. The van der Waals surface area contributed by atoms with Crippen molar-refractivity contribution in [2.45, 2.75) is 18.4 Å². The molecule has 6 heteroatoms. The molecule has 6 nitrogen and oxygen atoms in total. The number of benzene rings is 1. The predicted molar refractivity (Wildman–Crippen MR) is 86.0 cm³/mol. The molecule has 2 amide bonds. The van der Waals surface area contributed by atoms with E-state index in [0.29, 0.717) is 28.8 Å². The molecule has 2 aromatic rings. The Labute approximate surface area is 138 Å². The van der Waals surface area contributed by atoms with Crippen molar-refractivity contribution in [2.75, 3.05) is 5.32 Å². The first-order chi connectivity index (χ1) is 11.7. The van der Waals surface area contributed by atoms with Crippen LogP contribution in [0.2, 0.25) is 0 Å². The van der Waals surface area contributed by atoms with Gasteiger partial charge in [0.1, 0.15) is 11.9 Å². The number of urea groups is 1. The highest BCUT2D eigenvalue weighted by molar-refractivity contribution is 5.89. The number of amides is 2. The number of nitrogens with one attached hydrogen (secondary N) is 2. The van der Waals surface area contributed by atoms with E-state index >= 15 is 0 Å². The summed E-state index contributed by atoms with van der Waals surface area (Å²) >= 11 is 0. The van der Waals surface area contributed by atoms with Gasteiger partial charge in [-0.15, -0.1) is 0 Å². The molecule has 0 aliphatic heterocycles. The zero-order chi connectivity index (χ0) is 16.7. The van der Waals surface area contributed by atoms with Crippen LogP contribution in [0.3, 0.4) is 0 Å². The van der Waals surface area contributed by atoms with E-state index in [0.717, 1.165) is 6.42 Å². The van der Waals surface area contributed by atoms with Crippen LogP contribution in [0.5, 0.6) is 0 Å². The first-order valence-corrected chi connectivity index (χ1v) is 7.66.